The van der Waals surface area contributed by atoms with Gasteiger partial charge in [-0.05, 0) is 36.8 Å². The van der Waals surface area contributed by atoms with Crippen LogP contribution in [0.5, 0.6) is 5.75 Å². The standard InChI is InChI=1S/C22H26N4O2/c1-17(22(27)24-20-5-3-4-6-21(20)28-2)26-13-11-25(12-14-26)16-19-9-7-18(15-23)8-10-19/h3-10,17H,11-14,16H2,1-2H3,(H,24,27)/t17-/m1/s1. The Labute approximate surface area is 166 Å². The summed E-state index contributed by atoms with van der Waals surface area (Å²) < 4.78 is 5.30. The monoisotopic (exact) mass is 378 g/mol. The zero-order chi connectivity index (χ0) is 19.9. The number of carbonyl (C=O) groups excluding carboxylic acids is 1. The summed E-state index contributed by atoms with van der Waals surface area (Å²) in [5.74, 6) is 0.639. The highest BCUT2D eigenvalue weighted by atomic mass is 16.5. The smallest absolute Gasteiger partial charge is 0.241 e. The molecule has 0 radical (unpaired) electrons. The van der Waals surface area contributed by atoms with E-state index in [0.29, 0.717) is 17.0 Å². The number of anilines is 1. The number of hydrogen-bond acceptors (Lipinski definition) is 5. The minimum Gasteiger partial charge on any atom is -0.495 e. The van der Waals surface area contributed by atoms with Gasteiger partial charge in [0.15, 0.2) is 0 Å². The first kappa shape index (κ1) is 19.9. The van der Waals surface area contributed by atoms with Crippen LogP contribution in [0.15, 0.2) is 48.5 Å². The molecule has 1 fully saturated rings. The maximum absolute atomic E-state index is 12.7. The second-order valence-corrected chi connectivity index (χ2v) is 6.99. The molecule has 2 aromatic carbocycles. The van der Waals surface area contributed by atoms with Gasteiger partial charge < -0.3 is 10.1 Å². The molecule has 3 rings (SSSR count). The van der Waals surface area contributed by atoms with Crippen molar-refractivity contribution in [2.75, 3.05) is 38.6 Å². The van der Waals surface area contributed by atoms with E-state index in [1.165, 1.54) is 5.56 Å². The first-order valence-electron chi connectivity index (χ1n) is 9.50. The Morgan fingerprint density at radius 1 is 1.14 bits per heavy atom. The van der Waals surface area contributed by atoms with Crippen molar-refractivity contribution in [3.8, 4) is 11.8 Å². The number of carbonyl (C=O) groups is 1. The van der Waals surface area contributed by atoms with Crippen LogP contribution in [0, 0.1) is 11.3 Å². The third-order valence-corrected chi connectivity index (χ3v) is 5.19. The van der Waals surface area contributed by atoms with E-state index in [2.05, 4.69) is 21.2 Å². The molecule has 0 saturated carbocycles. The Balaban J connectivity index is 1.50. The molecule has 1 amide bonds. The van der Waals surface area contributed by atoms with E-state index in [9.17, 15) is 4.79 Å². The first-order valence-corrected chi connectivity index (χ1v) is 9.50. The molecule has 0 unspecified atom stereocenters. The van der Waals surface area contributed by atoms with Gasteiger partial charge in [0.1, 0.15) is 5.75 Å². The Hall–Kier alpha value is -2.88. The van der Waals surface area contributed by atoms with Gasteiger partial charge in [-0.25, -0.2) is 0 Å². The van der Waals surface area contributed by atoms with Gasteiger partial charge in [-0.2, -0.15) is 5.26 Å². The average Bonchev–Trinajstić information content (AvgIpc) is 2.74. The van der Waals surface area contributed by atoms with Crippen molar-refractivity contribution in [3.63, 3.8) is 0 Å². The quantitative estimate of drug-likeness (QED) is 0.837. The normalized spacial score (nSPS) is 16.2. The number of ether oxygens (including phenoxy) is 1. The lowest BCUT2D eigenvalue weighted by atomic mass is 10.1. The number of methoxy groups -OCH3 is 1. The summed E-state index contributed by atoms with van der Waals surface area (Å²) in [7, 11) is 1.60. The summed E-state index contributed by atoms with van der Waals surface area (Å²) in [4.78, 5) is 17.3. The van der Waals surface area contributed by atoms with E-state index in [0.717, 1.165) is 32.7 Å². The van der Waals surface area contributed by atoms with Gasteiger partial charge in [-0.3, -0.25) is 14.6 Å². The summed E-state index contributed by atoms with van der Waals surface area (Å²) in [5.41, 5.74) is 2.58. The van der Waals surface area contributed by atoms with Crippen LogP contribution in [-0.4, -0.2) is 55.0 Å². The molecule has 146 valence electrons. The molecule has 0 bridgehead atoms. The summed E-state index contributed by atoms with van der Waals surface area (Å²) in [6, 6.07) is 17.1. The van der Waals surface area contributed by atoms with E-state index < -0.39 is 0 Å². The third kappa shape index (κ3) is 4.89. The van der Waals surface area contributed by atoms with Gasteiger partial charge in [0.2, 0.25) is 5.91 Å². The number of para-hydroxylation sites is 2. The van der Waals surface area contributed by atoms with E-state index in [-0.39, 0.29) is 11.9 Å². The van der Waals surface area contributed by atoms with Crippen LogP contribution in [0.4, 0.5) is 5.69 Å². The van der Waals surface area contributed by atoms with Gasteiger partial charge in [-0.15, -0.1) is 0 Å². The number of nitrogens with zero attached hydrogens (tertiary/aromatic N) is 3. The zero-order valence-electron chi connectivity index (χ0n) is 16.4. The molecule has 1 aliphatic rings. The van der Waals surface area contributed by atoms with Crippen molar-refractivity contribution in [2.45, 2.75) is 19.5 Å². The predicted octanol–water partition coefficient (Wildman–Crippen LogP) is 2.71. The lowest BCUT2D eigenvalue weighted by molar-refractivity contribution is -0.121. The number of hydrogen-bond donors (Lipinski definition) is 1. The van der Waals surface area contributed by atoms with Gasteiger partial charge in [0.25, 0.3) is 0 Å². The second-order valence-electron chi connectivity index (χ2n) is 6.99. The highest BCUT2D eigenvalue weighted by molar-refractivity contribution is 5.95. The minimum atomic E-state index is -0.207. The van der Waals surface area contributed by atoms with Crippen LogP contribution in [0.1, 0.15) is 18.1 Å². The predicted molar refractivity (Wildman–Crippen MR) is 109 cm³/mol. The fourth-order valence-electron chi connectivity index (χ4n) is 3.40. The van der Waals surface area contributed by atoms with Crippen LogP contribution >= 0.6 is 0 Å². The Kier molecular flexibility index (Phi) is 6.64. The van der Waals surface area contributed by atoms with Gasteiger partial charge >= 0.3 is 0 Å². The van der Waals surface area contributed by atoms with Crippen molar-refractivity contribution < 1.29 is 9.53 Å². The topological polar surface area (TPSA) is 68.6 Å². The van der Waals surface area contributed by atoms with Crippen molar-refractivity contribution >= 4 is 11.6 Å². The van der Waals surface area contributed by atoms with E-state index >= 15 is 0 Å². The summed E-state index contributed by atoms with van der Waals surface area (Å²) >= 11 is 0. The second kappa shape index (κ2) is 9.36. The van der Waals surface area contributed by atoms with Crippen molar-refractivity contribution in [2.24, 2.45) is 0 Å². The third-order valence-electron chi connectivity index (χ3n) is 5.19. The molecule has 1 heterocycles. The first-order chi connectivity index (χ1) is 13.6. The molecule has 0 aliphatic carbocycles. The minimum absolute atomic E-state index is 0.0231. The molecule has 28 heavy (non-hydrogen) atoms. The molecule has 1 N–H and O–H groups in total. The molecule has 6 heteroatoms. The van der Waals surface area contributed by atoms with Crippen molar-refractivity contribution in [3.05, 3.63) is 59.7 Å². The molecule has 6 nitrogen and oxygen atoms in total. The lowest BCUT2D eigenvalue weighted by Crippen LogP contribution is -2.52. The highest BCUT2D eigenvalue weighted by Crippen LogP contribution is 2.23. The lowest BCUT2D eigenvalue weighted by Gasteiger charge is -2.37. The summed E-state index contributed by atoms with van der Waals surface area (Å²) in [6.45, 7) is 6.31. The summed E-state index contributed by atoms with van der Waals surface area (Å²) in [6.07, 6.45) is 0. The molecule has 1 saturated heterocycles. The fraction of sp³-hybridized carbons (Fsp3) is 0.364. The molecular formula is C22H26N4O2. The van der Waals surface area contributed by atoms with Crippen LogP contribution in [0.25, 0.3) is 0 Å². The molecule has 1 atom stereocenters. The number of nitriles is 1. The number of amides is 1. The largest absolute Gasteiger partial charge is 0.495 e. The average molecular weight is 378 g/mol. The number of benzene rings is 2. The van der Waals surface area contributed by atoms with Crippen LogP contribution in [-0.2, 0) is 11.3 Å². The van der Waals surface area contributed by atoms with Gasteiger partial charge in [-0.1, -0.05) is 24.3 Å². The Bertz CT molecular complexity index is 836. The van der Waals surface area contributed by atoms with Crippen LogP contribution in [0.3, 0.4) is 0 Å². The maximum atomic E-state index is 12.7. The van der Waals surface area contributed by atoms with Crippen LogP contribution < -0.4 is 10.1 Å². The molecular weight excluding hydrogens is 352 g/mol. The molecule has 0 spiro atoms. The number of rotatable bonds is 6. The van der Waals surface area contributed by atoms with E-state index in [1.54, 1.807) is 7.11 Å². The molecule has 2 aromatic rings. The van der Waals surface area contributed by atoms with Crippen molar-refractivity contribution in [1.29, 1.82) is 5.26 Å². The zero-order valence-corrected chi connectivity index (χ0v) is 16.4. The summed E-state index contributed by atoms with van der Waals surface area (Å²) in [5, 5.41) is 11.9. The fourth-order valence-corrected chi connectivity index (χ4v) is 3.40. The van der Waals surface area contributed by atoms with Crippen molar-refractivity contribution in [1.82, 2.24) is 9.80 Å². The Morgan fingerprint density at radius 2 is 1.82 bits per heavy atom. The van der Waals surface area contributed by atoms with E-state index in [4.69, 9.17) is 10.00 Å². The highest BCUT2D eigenvalue weighted by Gasteiger charge is 2.26. The van der Waals surface area contributed by atoms with Gasteiger partial charge in [0.05, 0.1) is 30.5 Å². The number of piperazine rings is 1. The Morgan fingerprint density at radius 3 is 2.46 bits per heavy atom. The molecule has 0 aromatic heterocycles. The number of nitrogens with one attached hydrogen (secondary N) is 1. The SMILES string of the molecule is COc1ccccc1NC(=O)[C@@H](C)N1CCN(Cc2ccc(C#N)cc2)CC1. The molecule has 1 aliphatic heterocycles. The van der Waals surface area contributed by atoms with E-state index in [1.807, 2.05) is 55.5 Å². The van der Waals surface area contributed by atoms with Gasteiger partial charge in [0, 0.05) is 32.7 Å². The maximum Gasteiger partial charge on any atom is 0.241 e. The van der Waals surface area contributed by atoms with Crippen LogP contribution in [0.2, 0.25) is 0 Å².